The molecule has 0 bridgehead atoms. The lowest BCUT2D eigenvalue weighted by atomic mass is 9.94. The summed E-state index contributed by atoms with van der Waals surface area (Å²) in [6.45, 7) is 3.21. The molecule has 0 aliphatic carbocycles. The Morgan fingerprint density at radius 1 is 1.10 bits per heavy atom. The number of carbonyl (C=O) groups excluding carboxylic acids is 1. The Kier molecular flexibility index (Phi) is 5.92. The zero-order chi connectivity index (χ0) is 21.2. The smallest absolute Gasteiger partial charge is 0.227 e. The number of nitrogens with zero attached hydrogens (tertiary/aromatic N) is 4. The van der Waals surface area contributed by atoms with Crippen molar-refractivity contribution in [2.75, 3.05) is 24.5 Å². The van der Waals surface area contributed by atoms with Gasteiger partial charge in [0.05, 0.1) is 5.92 Å². The largest absolute Gasteiger partial charge is 0.346 e. The predicted molar refractivity (Wildman–Crippen MR) is 125 cm³/mol. The molecular formula is C24H25ClN4OS. The summed E-state index contributed by atoms with van der Waals surface area (Å²) in [5.74, 6) is 1.14. The molecule has 7 heteroatoms. The number of hydrogen-bond acceptors (Lipinski definition) is 5. The second-order valence-corrected chi connectivity index (χ2v) is 9.53. The van der Waals surface area contributed by atoms with Gasteiger partial charge in [-0.25, -0.2) is 4.98 Å². The van der Waals surface area contributed by atoms with E-state index < -0.39 is 0 Å². The third kappa shape index (κ3) is 4.60. The zero-order valence-electron chi connectivity index (χ0n) is 17.3. The van der Waals surface area contributed by atoms with Crippen LogP contribution in [0.5, 0.6) is 0 Å². The van der Waals surface area contributed by atoms with Gasteiger partial charge in [0.1, 0.15) is 5.82 Å². The van der Waals surface area contributed by atoms with E-state index in [1.54, 1.807) is 0 Å². The first kappa shape index (κ1) is 20.5. The number of anilines is 1. The number of carbonyl (C=O) groups is 1. The number of hydrogen-bond donors (Lipinski definition) is 0. The SMILES string of the molecule is O=C(C1CCCN(c2nc(Cc3ccc(Cl)cc3)ns2)C1)N1CCc2ccccc2C1. The fourth-order valence-electron chi connectivity index (χ4n) is 4.52. The summed E-state index contributed by atoms with van der Waals surface area (Å²) in [4.78, 5) is 22.3. The topological polar surface area (TPSA) is 49.3 Å². The summed E-state index contributed by atoms with van der Waals surface area (Å²) in [7, 11) is 0. The van der Waals surface area contributed by atoms with Crippen molar-refractivity contribution in [1.29, 1.82) is 0 Å². The number of piperidine rings is 1. The molecule has 0 N–H and O–H groups in total. The van der Waals surface area contributed by atoms with Gasteiger partial charge in [-0.05, 0) is 48.1 Å². The highest BCUT2D eigenvalue weighted by atomic mass is 35.5. The quantitative estimate of drug-likeness (QED) is 0.581. The highest BCUT2D eigenvalue weighted by Crippen LogP contribution is 2.28. The van der Waals surface area contributed by atoms with E-state index in [4.69, 9.17) is 16.6 Å². The lowest BCUT2D eigenvalue weighted by Crippen LogP contribution is -2.46. The number of amides is 1. The molecule has 2 aliphatic rings. The molecular weight excluding hydrogens is 428 g/mol. The van der Waals surface area contributed by atoms with Crippen LogP contribution in [0.4, 0.5) is 5.13 Å². The first-order valence-electron chi connectivity index (χ1n) is 10.8. The van der Waals surface area contributed by atoms with Crippen molar-refractivity contribution >= 4 is 34.2 Å². The molecule has 1 saturated heterocycles. The maximum absolute atomic E-state index is 13.3. The summed E-state index contributed by atoms with van der Waals surface area (Å²) in [6, 6.07) is 16.3. The molecule has 3 aromatic rings. The number of fused-ring (bicyclic) bond motifs is 1. The minimum absolute atomic E-state index is 0.0302. The van der Waals surface area contributed by atoms with E-state index in [9.17, 15) is 4.79 Å². The van der Waals surface area contributed by atoms with Crippen molar-refractivity contribution in [3.05, 3.63) is 76.1 Å². The molecule has 1 amide bonds. The molecule has 1 atom stereocenters. The molecule has 3 heterocycles. The van der Waals surface area contributed by atoms with Crippen molar-refractivity contribution in [3.63, 3.8) is 0 Å². The van der Waals surface area contributed by atoms with Crippen LogP contribution in [0.2, 0.25) is 5.02 Å². The van der Waals surface area contributed by atoms with Crippen LogP contribution in [-0.2, 0) is 24.2 Å². The fourth-order valence-corrected chi connectivity index (χ4v) is 5.37. The van der Waals surface area contributed by atoms with Gasteiger partial charge in [0, 0.05) is 49.2 Å². The van der Waals surface area contributed by atoms with Crippen LogP contribution in [-0.4, -0.2) is 39.8 Å². The second kappa shape index (κ2) is 8.97. The normalized spacial score (nSPS) is 18.7. The van der Waals surface area contributed by atoms with Gasteiger partial charge in [0.2, 0.25) is 11.0 Å². The Labute approximate surface area is 191 Å². The highest BCUT2D eigenvalue weighted by Gasteiger charge is 2.32. The van der Waals surface area contributed by atoms with Gasteiger partial charge in [-0.3, -0.25) is 4.79 Å². The fraction of sp³-hybridized carbons (Fsp3) is 0.375. The monoisotopic (exact) mass is 452 g/mol. The summed E-state index contributed by atoms with van der Waals surface area (Å²) in [6.07, 6.45) is 3.59. The first-order valence-corrected chi connectivity index (χ1v) is 12.0. The van der Waals surface area contributed by atoms with E-state index in [0.29, 0.717) is 6.42 Å². The van der Waals surface area contributed by atoms with Gasteiger partial charge >= 0.3 is 0 Å². The molecule has 2 aliphatic heterocycles. The van der Waals surface area contributed by atoms with Crippen molar-refractivity contribution in [2.45, 2.75) is 32.2 Å². The third-order valence-corrected chi connectivity index (χ3v) is 7.28. The standard InChI is InChI=1S/C24H25ClN4OS/c25-21-9-7-17(8-10-21)14-22-26-24(31-27-22)29-12-3-6-20(16-29)23(30)28-13-11-18-4-1-2-5-19(18)15-28/h1-2,4-5,7-10,20H,3,6,11-16H2. The molecule has 31 heavy (non-hydrogen) atoms. The van der Waals surface area contributed by atoms with Gasteiger partial charge in [0.25, 0.3) is 0 Å². The Morgan fingerprint density at radius 2 is 1.90 bits per heavy atom. The summed E-state index contributed by atoms with van der Waals surface area (Å²) < 4.78 is 4.55. The maximum atomic E-state index is 13.3. The Balaban J connectivity index is 1.23. The van der Waals surface area contributed by atoms with Gasteiger partial charge < -0.3 is 9.80 Å². The van der Waals surface area contributed by atoms with Gasteiger partial charge in [-0.15, -0.1) is 0 Å². The summed E-state index contributed by atoms with van der Waals surface area (Å²) in [5.41, 5.74) is 3.80. The zero-order valence-corrected chi connectivity index (χ0v) is 18.9. The molecule has 5 nitrogen and oxygen atoms in total. The van der Waals surface area contributed by atoms with E-state index >= 15 is 0 Å². The lowest BCUT2D eigenvalue weighted by Gasteiger charge is -2.36. The third-order valence-electron chi connectivity index (χ3n) is 6.22. The number of rotatable bonds is 4. The molecule has 1 aromatic heterocycles. The van der Waals surface area contributed by atoms with Gasteiger partial charge in [0.15, 0.2) is 0 Å². The van der Waals surface area contributed by atoms with Crippen LogP contribution in [0.3, 0.4) is 0 Å². The van der Waals surface area contributed by atoms with Gasteiger partial charge in [-0.1, -0.05) is 48.0 Å². The maximum Gasteiger partial charge on any atom is 0.227 e. The van der Waals surface area contributed by atoms with Crippen LogP contribution in [0, 0.1) is 5.92 Å². The van der Waals surface area contributed by atoms with Crippen LogP contribution in [0.1, 0.15) is 35.4 Å². The van der Waals surface area contributed by atoms with E-state index in [0.717, 1.165) is 67.0 Å². The van der Waals surface area contributed by atoms with Gasteiger partial charge in [-0.2, -0.15) is 4.37 Å². The molecule has 0 radical (unpaired) electrons. The lowest BCUT2D eigenvalue weighted by molar-refractivity contribution is -0.136. The number of halogens is 1. The van der Waals surface area contributed by atoms with E-state index in [2.05, 4.69) is 33.5 Å². The van der Waals surface area contributed by atoms with E-state index in [1.807, 2.05) is 29.2 Å². The molecule has 5 rings (SSSR count). The predicted octanol–water partition coefficient (Wildman–Crippen LogP) is 4.58. The first-order chi connectivity index (χ1) is 15.2. The molecule has 160 valence electrons. The Hall–Kier alpha value is -2.44. The second-order valence-electron chi connectivity index (χ2n) is 8.36. The average molecular weight is 453 g/mol. The van der Waals surface area contributed by atoms with Crippen LogP contribution in [0.15, 0.2) is 48.5 Å². The van der Waals surface area contributed by atoms with Crippen molar-refractivity contribution in [3.8, 4) is 0 Å². The number of benzene rings is 2. The van der Waals surface area contributed by atoms with Crippen molar-refractivity contribution < 1.29 is 4.79 Å². The van der Waals surface area contributed by atoms with Crippen molar-refractivity contribution in [2.24, 2.45) is 5.92 Å². The minimum atomic E-state index is 0.0302. The number of aromatic nitrogens is 2. The van der Waals surface area contributed by atoms with E-state index in [1.165, 1.54) is 22.7 Å². The van der Waals surface area contributed by atoms with Crippen LogP contribution in [0.25, 0.3) is 0 Å². The van der Waals surface area contributed by atoms with Crippen LogP contribution >= 0.6 is 23.1 Å². The Bertz CT molecular complexity index is 1070. The highest BCUT2D eigenvalue weighted by molar-refractivity contribution is 7.09. The van der Waals surface area contributed by atoms with Crippen LogP contribution < -0.4 is 4.90 Å². The molecule has 0 saturated carbocycles. The molecule has 0 spiro atoms. The minimum Gasteiger partial charge on any atom is -0.346 e. The Morgan fingerprint density at radius 3 is 2.74 bits per heavy atom. The van der Waals surface area contributed by atoms with E-state index in [-0.39, 0.29) is 11.8 Å². The van der Waals surface area contributed by atoms with Crippen molar-refractivity contribution in [1.82, 2.24) is 14.3 Å². The average Bonchev–Trinajstić information content (AvgIpc) is 3.28. The summed E-state index contributed by atoms with van der Waals surface area (Å²) >= 11 is 7.41. The molecule has 2 aromatic carbocycles. The molecule has 1 unspecified atom stereocenters. The summed E-state index contributed by atoms with van der Waals surface area (Å²) in [5, 5.41) is 1.65. The molecule has 1 fully saturated rings.